The van der Waals surface area contributed by atoms with E-state index < -0.39 is 5.41 Å². The standard InChI is InChI=1S/C54H44N2S2/c1-52(2,3)33-15-19-35(20-16-33)56(36-21-17-34(18-22-36)53(4,5)6)44-10-8-9-37-38-24-26-41-47(49(38)55(7)48(37)44)39-23-13-31-11-12-32-14-25-40(46(39)45(31)32)54(41)42-27-29-57-50(42)51-43(54)28-30-58-51/h8-30H,1-7H3. The smallest absolute Gasteiger partial charge is 0.0743 e. The molecule has 58 heavy (non-hydrogen) atoms. The maximum atomic E-state index is 2.52. The zero-order chi connectivity index (χ0) is 39.5. The molecular formula is C54H44N2S2. The van der Waals surface area contributed by atoms with E-state index in [4.69, 9.17) is 0 Å². The largest absolute Gasteiger partial charge is 0.341 e. The van der Waals surface area contributed by atoms with Crippen LogP contribution in [0.4, 0.5) is 17.1 Å². The average Bonchev–Trinajstić information content (AvgIpc) is 4.05. The van der Waals surface area contributed by atoms with Crippen LogP contribution in [0.15, 0.2) is 126 Å². The Morgan fingerprint density at radius 3 is 1.66 bits per heavy atom. The second-order valence-corrected chi connectivity index (χ2v) is 20.4. The summed E-state index contributed by atoms with van der Waals surface area (Å²) in [6.45, 7) is 13.7. The quantitative estimate of drug-likeness (QED) is 0.173. The van der Waals surface area contributed by atoms with Crippen molar-refractivity contribution in [3.8, 4) is 20.9 Å². The van der Waals surface area contributed by atoms with Gasteiger partial charge in [-0.3, -0.25) is 0 Å². The molecule has 3 aromatic heterocycles. The first-order valence-corrected chi connectivity index (χ1v) is 22.2. The summed E-state index contributed by atoms with van der Waals surface area (Å²) in [5.41, 5.74) is 19.4. The van der Waals surface area contributed by atoms with E-state index in [0.29, 0.717) is 0 Å². The Bertz CT molecular complexity index is 3130. The van der Waals surface area contributed by atoms with Crippen LogP contribution in [0.2, 0.25) is 0 Å². The Morgan fingerprint density at radius 1 is 0.517 bits per heavy atom. The molecule has 0 fully saturated rings. The number of anilines is 3. The van der Waals surface area contributed by atoms with Crippen molar-refractivity contribution in [3.63, 3.8) is 0 Å². The first kappa shape index (κ1) is 34.4. The average molecular weight is 785 g/mol. The van der Waals surface area contributed by atoms with E-state index >= 15 is 0 Å². The molecule has 282 valence electrons. The van der Waals surface area contributed by atoms with Gasteiger partial charge in [-0.15, -0.1) is 22.7 Å². The van der Waals surface area contributed by atoms with Crippen LogP contribution < -0.4 is 4.90 Å². The lowest BCUT2D eigenvalue weighted by Gasteiger charge is -2.39. The zero-order valence-corrected chi connectivity index (χ0v) is 35.6. The Hall–Kier alpha value is -5.68. The molecule has 9 aromatic rings. The van der Waals surface area contributed by atoms with Crippen molar-refractivity contribution < 1.29 is 0 Å². The van der Waals surface area contributed by atoms with Crippen molar-refractivity contribution in [1.29, 1.82) is 0 Å². The molecule has 0 N–H and O–H groups in total. The van der Waals surface area contributed by atoms with E-state index in [0.717, 1.165) is 11.4 Å². The van der Waals surface area contributed by atoms with Crippen LogP contribution in [-0.4, -0.2) is 4.57 Å². The number of thiophene rings is 2. The third-order valence-electron chi connectivity index (χ3n) is 13.5. The van der Waals surface area contributed by atoms with Gasteiger partial charge in [-0.25, -0.2) is 0 Å². The molecule has 3 heterocycles. The van der Waals surface area contributed by atoms with Gasteiger partial charge < -0.3 is 9.47 Å². The van der Waals surface area contributed by atoms with Crippen molar-refractivity contribution in [2.45, 2.75) is 57.8 Å². The molecule has 12 rings (SSSR count). The number of hydrogen-bond acceptors (Lipinski definition) is 3. The fourth-order valence-corrected chi connectivity index (χ4v) is 12.8. The summed E-state index contributed by atoms with van der Waals surface area (Å²) < 4.78 is 2.52. The summed E-state index contributed by atoms with van der Waals surface area (Å²) in [7, 11) is 2.31. The van der Waals surface area contributed by atoms with Crippen LogP contribution in [-0.2, 0) is 23.3 Å². The van der Waals surface area contributed by atoms with Gasteiger partial charge in [0.2, 0.25) is 0 Å². The van der Waals surface area contributed by atoms with Gasteiger partial charge in [0.15, 0.2) is 0 Å². The maximum absolute atomic E-state index is 2.52. The highest BCUT2D eigenvalue weighted by atomic mass is 32.1. The Kier molecular flexibility index (Phi) is 6.81. The van der Waals surface area contributed by atoms with Crippen molar-refractivity contribution in [2.75, 3.05) is 4.90 Å². The predicted molar refractivity (Wildman–Crippen MR) is 251 cm³/mol. The van der Waals surface area contributed by atoms with Crippen LogP contribution in [0.25, 0.3) is 65.6 Å². The molecule has 3 aliphatic rings. The van der Waals surface area contributed by atoms with Gasteiger partial charge in [-0.2, -0.15) is 0 Å². The van der Waals surface area contributed by atoms with Gasteiger partial charge in [0.1, 0.15) is 0 Å². The number of fused-ring (bicyclic) bond motifs is 13. The fraction of sp³-hybridized carbons (Fsp3) is 0.185. The molecule has 4 heteroatoms. The molecule has 6 aromatic carbocycles. The number of aryl methyl sites for hydroxylation is 1. The van der Waals surface area contributed by atoms with Crippen LogP contribution >= 0.6 is 22.7 Å². The number of nitrogens with zero attached hydrogens (tertiary/aromatic N) is 2. The normalized spacial score (nSPS) is 14.5. The second-order valence-electron chi connectivity index (χ2n) is 18.6. The van der Waals surface area contributed by atoms with Crippen molar-refractivity contribution in [2.24, 2.45) is 7.05 Å². The Morgan fingerprint density at radius 2 is 1.07 bits per heavy atom. The van der Waals surface area contributed by atoms with Crippen LogP contribution in [0.1, 0.15) is 86.1 Å². The number of aromatic nitrogens is 1. The van der Waals surface area contributed by atoms with Crippen molar-refractivity contribution in [3.05, 3.63) is 171 Å². The molecule has 3 aliphatic carbocycles. The summed E-state index contributed by atoms with van der Waals surface area (Å²) in [4.78, 5) is 5.32. The second kappa shape index (κ2) is 11.5. The first-order chi connectivity index (χ1) is 28.0. The lowest BCUT2D eigenvalue weighted by atomic mass is 9.61. The van der Waals surface area contributed by atoms with Gasteiger partial charge in [-0.1, -0.05) is 126 Å². The monoisotopic (exact) mass is 784 g/mol. The van der Waals surface area contributed by atoms with Gasteiger partial charge in [0.25, 0.3) is 0 Å². The molecule has 2 nitrogen and oxygen atoms in total. The lowest BCUT2D eigenvalue weighted by molar-refractivity contribution is 0.590. The van der Waals surface area contributed by atoms with E-state index in [9.17, 15) is 0 Å². The molecule has 1 spiro atoms. The van der Waals surface area contributed by atoms with Crippen LogP contribution in [0.5, 0.6) is 0 Å². The van der Waals surface area contributed by atoms with E-state index in [1.165, 1.54) is 104 Å². The molecule has 0 saturated heterocycles. The Labute approximate surface area is 348 Å². The zero-order valence-electron chi connectivity index (χ0n) is 34.0. The SMILES string of the molecule is Cn1c2c(N(c3ccc(C(C)(C)C)cc3)c3ccc(C(C)(C)C)cc3)cccc2c2ccc3c(c21)-c1ccc2c4c(ccc(c14)C31c3ccsc3-c3sccc31)C=C2. The van der Waals surface area contributed by atoms with E-state index in [1.807, 2.05) is 22.7 Å². The highest BCUT2D eigenvalue weighted by Crippen LogP contribution is 2.65. The highest BCUT2D eigenvalue weighted by Gasteiger charge is 2.52. The minimum Gasteiger partial charge on any atom is -0.341 e. The first-order valence-electron chi connectivity index (χ1n) is 20.5. The third-order valence-corrected chi connectivity index (χ3v) is 15.5. The van der Waals surface area contributed by atoms with Gasteiger partial charge in [0.05, 0.1) is 22.1 Å². The van der Waals surface area contributed by atoms with Gasteiger partial charge in [0, 0.05) is 44.5 Å². The highest BCUT2D eigenvalue weighted by molar-refractivity contribution is 7.21. The summed E-state index contributed by atoms with van der Waals surface area (Å²) in [6.07, 6.45) is 4.61. The summed E-state index contributed by atoms with van der Waals surface area (Å²) >= 11 is 3.79. The molecule has 0 bridgehead atoms. The molecule has 0 atom stereocenters. The topological polar surface area (TPSA) is 8.17 Å². The van der Waals surface area contributed by atoms with Crippen LogP contribution in [0, 0.1) is 0 Å². The minimum absolute atomic E-state index is 0.0650. The molecule has 0 aliphatic heterocycles. The maximum Gasteiger partial charge on any atom is 0.0743 e. The Balaban J connectivity index is 1.18. The number of para-hydroxylation sites is 1. The summed E-state index contributed by atoms with van der Waals surface area (Å²) in [5, 5.41) is 9.97. The summed E-state index contributed by atoms with van der Waals surface area (Å²) in [5.74, 6) is 0. The van der Waals surface area contributed by atoms with E-state index in [-0.39, 0.29) is 10.8 Å². The number of benzene rings is 6. The number of hydrogen-bond donors (Lipinski definition) is 0. The predicted octanol–water partition coefficient (Wildman–Crippen LogP) is 15.5. The third kappa shape index (κ3) is 4.32. The number of rotatable bonds is 3. The molecule has 0 amide bonds. The van der Waals surface area contributed by atoms with Gasteiger partial charge in [-0.05, 0) is 125 Å². The molecule has 0 radical (unpaired) electrons. The van der Waals surface area contributed by atoms with Gasteiger partial charge >= 0.3 is 0 Å². The van der Waals surface area contributed by atoms with Crippen molar-refractivity contribution >= 4 is 84.5 Å². The molecule has 0 unspecified atom stereocenters. The van der Waals surface area contributed by atoms with E-state index in [2.05, 4.69) is 196 Å². The molecular weight excluding hydrogens is 741 g/mol. The summed E-state index contributed by atoms with van der Waals surface area (Å²) in [6, 6.07) is 44.7. The lowest BCUT2D eigenvalue weighted by Crippen LogP contribution is -2.31. The van der Waals surface area contributed by atoms with Crippen LogP contribution in [0.3, 0.4) is 0 Å². The fourth-order valence-electron chi connectivity index (χ4n) is 10.7. The van der Waals surface area contributed by atoms with Crippen molar-refractivity contribution in [1.82, 2.24) is 4.57 Å². The molecule has 0 saturated carbocycles. The minimum atomic E-state index is -0.393. The van der Waals surface area contributed by atoms with E-state index in [1.54, 1.807) is 0 Å².